The molecule has 0 bridgehead atoms. The largest absolute Gasteiger partial charge is 0.396 e. The van der Waals surface area contributed by atoms with Gasteiger partial charge in [0.25, 0.3) is 0 Å². The Balaban J connectivity index is 2.12. The fourth-order valence-electron chi connectivity index (χ4n) is 5.71. The molecule has 5 atom stereocenters. The van der Waals surface area contributed by atoms with Gasteiger partial charge in [-0.1, -0.05) is 33.3 Å². The van der Waals surface area contributed by atoms with Gasteiger partial charge in [0.1, 0.15) is 0 Å². The van der Waals surface area contributed by atoms with Crippen molar-refractivity contribution in [3.8, 4) is 0 Å². The Kier molecular flexibility index (Phi) is 3.89. The van der Waals surface area contributed by atoms with E-state index in [0.29, 0.717) is 19.3 Å². The molecule has 0 aromatic heterocycles. The number of aliphatic hydroxyl groups excluding tert-OH is 2. The first-order valence-corrected chi connectivity index (χ1v) is 8.88. The lowest BCUT2D eigenvalue weighted by atomic mass is 9.47. The zero-order valence-corrected chi connectivity index (χ0v) is 14.7. The van der Waals surface area contributed by atoms with Crippen LogP contribution in [-0.4, -0.2) is 28.7 Å². The summed E-state index contributed by atoms with van der Waals surface area (Å²) in [5.41, 5.74) is 1.25. The molecule has 0 spiro atoms. The maximum Gasteiger partial charge on any atom is 0.159 e. The van der Waals surface area contributed by atoms with E-state index in [1.54, 1.807) is 0 Å². The minimum atomic E-state index is -0.570. The molecule has 1 fully saturated rings. The van der Waals surface area contributed by atoms with Crippen molar-refractivity contribution in [2.75, 3.05) is 6.61 Å². The zero-order valence-electron chi connectivity index (χ0n) is 14.7. The number of hydrogen-bond acceptors (Lipinski definition) is 3. The van der Waals surface area contributed by atoms with Gasteiger partial charge < -0.3 is 10.2 Å². The van der Waals surface area contributed by atoms with Crippen molar-refractivity contribution >= 4 is 5.78 Å². The fourth-order valence-corrected chi connectivity index (χ4v) is 5.71. The number of hydrogen-bond donors (Lipinski definition) is 2. The lowest BCUT2D eigenvalue weighted by Crippen LogP contribution is -2.54. The number of rotatable bonds is 2. The van der Waals surface area contributed by atoms with Crippen molar-refractivity contribution in [1.82, 2.24) is 0 Å². The number of ketones is 1. The summed E-state index contributed by atoms with van der Waals surface area (Å²) in [6.07, 6.45) is 6.16. The summed E-state index contributed by atoms with van der Waals surface area (Å²) >= 11 is 0. The molecule has 3 heteroatoms. The minimum Gasteiger partial charge on any atom is -0.396 e. The summed E-state index contributed by atoms with van der Waals surface area (Å²) in [6, 6.07) is 0. The number of allylic oxidation sites excluding steroid dienone is 2. The Morgan fingerprint density at radius 1 is 1.30 bits per heavy atom. The van der Waals surface area contributed by atoms with Gasteiger partial charge in [-0.2, -0.15) is 0 Å². The Morgan fingerprint density at radius 3 is 2.61 bits per heavy atom. The predicted molar refractivity (Wildman–Crippen MR) is 90.8 cm³/mol. The summed E-state index contributed by atoms with van der Waals surface area (Å²) in [5.74, 6) is 0.304. The van der Waals surface area contributed by atoms with Crippen LogP contribution in [0.15, 0.2) is 23.8 Å². The third-order valence-electron chi connectivity index (χ3n) is 7.15. The third kappa shape index (κ3) is 2.35. The first kappa shape index (κ1) is 16.9. The standard InChI is InChI=1S/C20H30O3/c1-5-18(2)10-13-14(22)9-16-19(3,12-21)7-6-8-20(16,4)17(13)15(23)11-18/h5,15-16,21,23H,1,6-12H2,2-4H3/t15-,16+,18-,19-,20+/m0/s1. The molecule has 0 heterocycles. The molecule has 0 amide bonds. The molecule has 128 valence electrons. The molecular formula is C20H30O3. The monoisotopic (exact) mass is 318 g/mol. The molecule has 0 unspecified atom stereocenters. The van der Waals surface area contributed by atoms with Crippen LogP contribution in [0.5, 0.6) is 0 Å². The van der Waals surface area contributed by atoms with E-state index in [0.717, 1.165) is 30.4 Å². The summed E-state index contributed by atoms with van der Waals surface area (Å²) in [5, 5.41) is 20.9. The molecule has 0 radical (unpaired) electrons. The van der Waals surface area contributed by atoms with E-state index in [-0.39, 0.29) is 34.6 Å². The van der Waals surface area contributed by atoms with E-state index in [1.165, 1.54) is 0 Å². The van der Waals surface area contributed by atoms with Crippen molar-refractivity contribution in [3.05, 3.63) is 23.8 Å². The first-order valence-electron chi connectivity index (χ1n) is 8.88. The van der Waals surface area contributed by atoms with Gasteiger partial charge in [0.15, 0.2) is 5.78 Å². The summed E-state index contributed by atoms with van der Waals surface area (Å²) in [6.45, 7) is 10.4. The number of fused-ring (bicyclic) bond motifs is 2. The molecule has 23 heavy (non-hydrogen) atoms. The third-order valence-corrected chi connectivity index (χ3v) is 7.15. The van der Waals surface area contributed by atoms with Crippen molar-refractivity contribution in [1.29, 1.82) is 0 Å². The van der Waals surface area contributed by atoms with Crippen LogP contribution in [0.25, 0.3) is 0 Å². The van der Waals surface area contributed by atoms with Crippen molar-refractivity contribution in [2.45, 2.75) is 65.4 Å². The number of Topliss-reactive ketones (excluding diaryl/α,β-unsaturated/α-hetero) is 1. The van der Waals surface area contributed by atoms with Crippen LogP contribution < -0.4 is 0 Å². The molecule has 3 aliphatic rings. The van der Waals surface area contributed by atoms with Gasteiger partial charge in [-0.15, -0.1) is 6.58 Å². The Bertz CT molecular complexity index is 577. The molecule has 0 aliphatic heterocycles. The summed E-state index contributed by atoms with van der Waals surface area (Å²) in [7, 11) is 0. The van der Waals surface area contributed by atoms with Gasteiger partial charge in [-0.05, 0) is 59.0 Å². The smallest absolute Gasteiger partial charge is 0.159 e. The highest BCUT2D eigenvalue weighted by Crippen LogP contribution is 2.62. The van der Waals surface area contributed by atoms with Crippen LogP contribution in [-0.2, 0) is 4.79 Å². The average molecular weight is 318 g/mol. The molecule has 2 N–H and O–H groups in total. The Morgan fingerprint density at radius 2 is 2.00 bits per heavy atom. The predicted octanol–water partition coefficient (Wildman–Crippen LogP) is 3.41. The lowest BCUT2D eigenvalue weighted by molar-refractivity contribution is -0.126. The second kappa shape index (κ2) is 5.29. The van der Waals surface area contributed by atoms with Gasteiger partial charge in [0, 0.05) is 13.0 Å². The zero-order chi connectivity index (χ0) is 17.0. The minimum absolute atomic E-state index is 0.115. The van der Waals surface area contributed by atoms with E-state index >= 15 is 0 Å². The number of carbonyl (C=O) groups is 1. The van der Waals surface area contributed by atoms with Gasteiger partial charge in [-0.3, -0.25) is 4.79 Å². The van der Waals surface area contributed by atoms with E-state index in [4.69, 9.17) is 0 Å². The van der Waals surface area contributed by atoms with Crippen LogP contribution in [0.4, 0.5) is 0 Å². The molecule has 0 aromatic carbocycles. The number of carbonyl (C=O) groups excluding carboxylic acids is 1. The first-order chi connectivity index (χ1) is 10.7. The van der Waals surface area contributed by atoms with E-state index in [1.807, 2.05) is 6.08 Å². The molecule has 3 nitrogen and oxygen atoms in total. The average Bonchev–Trinajstić information content (AvgIpc) is 2.49. The molecule has 1 saturated carbocycles. The molecule has 0 aromatic rings. The maximum absolute atomic E-state index is 12.9. The molecular weight excluding hydrogens is 288 g/mol. The highest BCUT2D eigenvalue weighted by atomic mass is 16.3. The van der Waals surface area contributed by atoms with E-state index in [2.05, 4.69) is 27.4 Å². The Labute approximate surface area is 139 Å². The normalized spacial score (nSPS) is 47.1. The van der Waals surface area contributed by atoms with Crippen molar-refractivity contribution in [3.63, 3.8) is 0 Å². The van der Waals surface area contributed by atoms with E-state index < -0.39 is 6.10 Å². The van der Waals surface area contributed by atoms with E-state index in [9.17, 15) is 15.0 Å². The topological polar surface area (TPSA) is 57.5 Å². The van der Waals surface area contributed by atoms with Crippen LogP contribution >= 0.6 is 0 Å². The lowest BCUT2D eigenvalue weighted by Gasteiger charge is -2.57. The van der Waals surface area contributed by atoms with Gasteiger partial charge in [0.2, 0.25) is 0 Å². The second-order valence-corrected chi connectivity index (χ2v) is 8.91. The fraction of sp³-hybridized carbons (Fsp3) is 0.750. The Hall–Kier alpha value is -0.930. The van der Waals surface area contributed by atoms with Gasteiger partial charge in [0.05, 0.1) is 6.10 Å². The summed E-state index contributed by atoms with van der Waals surface area (Å²) in [4.78, 5) is 12.9. The van der Waals surface area contributed by atoms with Gasteiger partial charge >= 0.3 is 0 Å². The van der Waals surface area contributed by atoms with Crippen molar-refractivity contribution < 1.29 is 15.0 Å². The molecule has 3 aliphatic carbocycles. The van der Waals surface area contributed by atoms with Crippen LogP contribution in [0.1, 0.15) is 59.3 Å². The highest BCUT2D eigenvalue weighted by molar-refractivity contribution is 5.98. The van der Waals surface area contributed by atoms with Crippen LogP contribution in [0, 0.1) is 22.2 Å². The number of aliphatic hydroxyl groups is 2. The molecule has 0 saturated heterocycles. The maximum atomic E-state index is 12.9. The quantitative estimate of drug-likeness (QED) is 0.767. The molecule has 3 rings (SSSR count). The SMILES string of the molecule is C=C[C@@]1(C)CC2=C([C@@H](O)C1)[C@]1(C)CCC[C@@](C)(CO)[C@H]1CC2=O. The summed E-state index contributed by atoms with van der Waals surface area (Å²) < 4.78 is 0. The highest BCUT2D eigenvalue weighted by Gasteiger charge is 2.57. The second-order valence-electron chi connectivity index (χ2n) is 8.91. The van der Waals surface area contributed by atoms with Crippen LogP contribution in [0.3, 0.4) is 0 Å². The van der Waals surface area contributed by atoms with Gasteiger partial charge in [-0.25, -0.2) is 0 Å². The van der Waals surface area contributed by atoms with Crippen LogP contribution in [0.2, 0.25) is 0 Å². The van der Waals surface area contributed by atoms with Crippen molar-refractivity contribution in [2.24, 2.45) is 22.2 Å².